The van der Waals surface area contributed by atoms with Crippen LogP contribution in [0.4, 0.5) is 11.4 Å². The monoisotopic (exact) mass is 342 g/mol. The van der Waals surface area contributed by atoms with Crippen LogP contribution in [0.2, 0.25) is 0 Å². The standard InChI is InChI=1S/C18H18N2O5/c1-2-15(25-18(24)12-6-3-7-13(19)9-12)16(21)20-14-8-4-5-11(10-14)17(22)23/h3-10,15H,2,19H2,1H3,(H,20,21)(H,22,23). The van der Waals surface area contributed by atoms with E-state index in [2.05, 4.69) is 5.32 Å². The number of ether oxygens (including phenoxy) is 1. The van der Waals surface area contributed by atoms with Crippen LogP contribution >= 0.6 is 0 Å². The van der Waals surface area contributed by atoms with Gasteiger partial charge in [0, 0.05) is 11.4 Å². The number of carboxylic acids is 1. The lowest BCUT2D eigenvalue weighted by molar-refractivity contribution is -0.124. The van der Waals surface area contributed by atoms with E-state index in [1.54, 1.807) is 31.2 Å². The fraction of sp³-hybridized carbons (Fsp3) is 0.167. The highest BCUT2D eigenvalue weighted by Crippen LogP contribution is 2.14. The number of benzene rings is 2. The molecule has 0 fully saturated rings. The molecule has 0 aliphatic carbocycles. The number of aromatic carboxylic acids is 1. The first kappa shape index (κ1) is 18.0. The number of carbonyl (C=O) groups excluding carboxylic acids is 2. The van der Waals surface area contributed by atoms with Crippen LogP contribution in [0.15, 0.2) is 48.5 Å². The maximum Gasteiger partial charge on any atom is 0.338 e. The van der Waals surface area contributed by atoms with E-state index < -0.39 is 23.9 Å². The van der Waals surface area contributed by atoms with Gasteiger partial charge in [-0.3, -0.25) is 4.79 Å². The predicted octanol–water partition coefficient (Wildman–Crippen LogP) is 2.54. The number of amides is 1. The number of nitrogens with one attached hydrogen (secondary N) is 1. The number of carbonyl (C=O) groups is 3. The highest BCUT2D eigenvalue weighted by molar-refractivity contribution is 5.98. The maximum absolute atomic E-state index is 12.3. The number of hydrogen-bond donors (Lipinski definition) is 3. The summed E-state index contributed by atoms with van der Waals surface area (Å²) in [4.78, 5) is 35.4. The Balaban J connectivity index is 2.07. The Bertz CT molecular complexity index is 804. The topological polar surface area (TPSA) is 119 Å². The van der Waals surface area contributed by atoms with Crippen molar-refractivity contribution in [1.29, 1.82) is 0 Å². The summed E-state index contributed by atoms with van der Waals surface area (Å²) in [5.41, 5.74) is 6.64. The first-order valence-electron chi connectivity index (χ1n) is 7.61. The van der Waals surface area contributed by atoms with Crippen LogP contribution < -0.4 is 11.1 Å². The molecule has 1 amide bonds. The van der Waals surface area contributed by atoms with Gasteiger partial charge in [0.15, 0.2) is 6.10 Å². The van der Waals surface area contributed by atoms with Crippen molar-refractivity contribution in [2.75, 3.05) is 11.1 Å². The minimum absolute atomic E-state index is 0.0441. The van der Waals surface area contributed by atoms with Gasteiger partial charge in [0.25, 0.3) is 5.91 Å². The zero-order chi connectivity index (χ0) is 18.4. The summed E-state index contributed by atoms with van der Waals surface area (Å²) in [6.45, 7) is 1.70. The van der Waals surface area contributed by atoms with Gasteiger partial charge in [0.1, 0.15) is 0 Å². The molecule has 0 aromatic heterocycles. The van der Waals surface area contributed by atoms with Gasteiger partial charge in [0.05, 0.1) is 11.1 Å². The molecule has 130 valence electrons. The number of anilines is 2. The largest absolute Gasteiger partial charge is 0.478 e. The van der Waals surface area contributed by atoms with Gasteiger partial charge in [-0.15, -0.1) is 0 Å². The Morgan fingerprint density at radius 1 is 1.12 bits per heavy atom. The molecular formula is C18H18N2O5. The summed E-state index contributed by atoms with van der Waals surface area (Å²) in [6, 6.07) is 12.1. The third-order valence-corrected chi connectivity index (χ3v) is 3.41. The highest BCUT2D eigenvalue weighted by atomic mass is 16.5. The van der Waals surface area contributed by atoms with Crippen molar-refractivity contribution in [3.63, 3.8) is 0 Å². The Morgan fingerprint density at radius 2 is 1.80 bits per heavy atom. The normalized spacial score (nSPS) is 11.4. The average Bonchev–Trinajstić information content (AvgIpc) is 2.59. The van der Waals surface area contributed by atoms with Crippen LogP contribution in [0.1, 0.15) is 34.1 Å². The quantitative estimate of drug-likeness (QED) is 0.548. The first-order chi connectivity index (χ1) is 11.9. The lowest BCUT2D eigenvalue weighted by Crippen LogP contribution is -2.32. The van der Waals surface area contributed by atoms with Gasteiger partial charge in [-0.05, 0) is 42.8 Å². The van der Waals surface area contributed by atoms with Gasteiger partial charge >= 0.3 is 11.9 Å². The van der Waals surface area contributed by atoms with Gasteiger partial charge in [-0.1, -0.05) is 19.1 Å². The molecule has 0 aliphatic heterocycles. The van der Waals surface area contributed by atoms with Crippen molar-refractivity contribution in [1.82, 2.24) is 0 Å². The van der Waals surface area contributed by atoms with E-state index in [1.165, 1.54) is 24.3 Å². The zero-order valence-electron chi connectivity index (χ0n) is 13.6. The van der Waals surface area contributed by atoms with Crippen molar-refractivity contribution in [3.8, 4) is 0 Å². The van der Waals surface area contributed by atoms with Crippen LogP contribution in [0, 0.1) is 0 Å². The van der Waals surface area contributed by atoms with E-state index in [0.717, 1.165) is 0 Å². The molecule has 2 rings (SSSR count). The lowest BCUT2D eigenvalue weighted by atomic mass is 10.2. The number of nitrogen functional groups attached to an aromatic ring is 1. The minimum atomic E-state index is -1.10. The molecule has 0 saturated heterocycles. The van der Waals surface area contributed by atoms with E-state index in [-0.39, 0.29) is 17.5 Å². The van der Waals surface area contributed by atoms with Gasteiger partial charge in [-0.25, -0.2) is 9.59 Å². The molecule has 2 aromatic rings. The summed E-state index contributed by atoms with van der Waals surface area (Å²) in [5.74, 6) is -2.30. The first-order valence-corrected chi connectivity index (χ1v) is 7.61. The fourth-order valence-corrected chi connectivity index (χ4v) is 2.14. The van der Waals surface area contributed by atoms with Gasteiger partial charge in [0.2, 0.25) is 0 Å². The van der Waals surface area contributed by atoms with Crippen molar-refractivity contribution >= 4 is 29.2 Å². The molecule has 2 aromatic carbocycles. The molecule has 1 unspecified atom stereocenters. The molecule has 0 saturated carbocycles. The SMILES string of the molecule is CCC(OC(=O)c1cccc(N)c1)C(=O)Nc1cccc(C(=O)O)c1. The number of hydrogen-bond acceptors (Lipinski definition) is 5. The third-order valence-electron chi connectivity index (χ3n) is 3.41. The Kier molecular flexibility index (Phi) is 5.73. The Morgan fingerprint density at radius 3 is 2.44 bits per heavy atom. The van der Waals surface area contributed by atoms with Crippen LogP contribution in [0.25, 0.3) is 0 Å². The fourth-order valence-electron chi connectivity index (χ4n) is 2.14. The van der Waals surface area contributed by atoms with Crippen molar-refractivity contribution in [2.24, 2.45) is 0 Å². The van der Waals surface area contributed by atoms with Crippen LogP contribution in [-0.2, 0) is 9.53 Å². The zero-order valence-corrected chi connectivity index (χ0v) is 13.6. The smallest absolute Gasteiger partial charge is 0.338 e. The molecule has 0 bridgehead atoms. The lowest BCUT2D eigenvalue weighted by Gasteiger charge is -2.16. The van der Waals surface area contributed by atoms with E-state index in [4.69, 9.17) is 15.6 Å². The summed E-state index contributed by atoms with van der Waals surface area (Å²) in [7, 11) is 0. The third kappa shape index (κ3) is 4.81. The van der Waals surface area contributed by atoms with Crippen LogP contribution in [-0.4, -0.2) is 29.1 Å². The Labute approximate surface area is 144 Å². The van der Waals surface area contributed by atoms with E-state index in [9.17, 15) is 14.4 Å². The molecule has 4 N–H and O–H groups in total. The summed E-state index contributed by atoms with van der Waals surface area (Å²) in [5, 5.41) is 11.5. The van der Waals surface area contributed by atoms with Crippen molar-refractivity contribution in [3.05, 3.63) is 59.7 Å². The van der Waals surface area contributed by atoms with E-state index in [0.29, 0.717) is 11.4 Å². The van der Waals surface area contributed by atoms with Gasteiger partial charge < -0.3 is 20.9 Å². The van der Waals surface area contributed by atoms with E-state index in [1.807, 2.05) is 0 Å². The predicted molar refractivity (Wildman–Crippen MR) is 92.4 cm³/mol. The average molecular weight is 342 g/mol. The summed E-state index contributed by atoms with van der Waals surface area (Å²) < 4.78 is 5.23. The molecule has 0 radical (unpaired) electrons. The summed E-state index contributed by atoms with van der Waals surface area (Å²) in [6.07, 6.45) is -0.749. The number of esters is 1. The second-order valence-corrected chi connectivity index (χ2v) is 5.30. The maximum atomic E-state index is 12.3. The minimum Gasteiger partial charge on any atom is -0.478 e. The molecule has 1 atom stereocenters. The van der Waals surface area contributed by atoms with Crippen LogP contribution in [0.3, 0.4) is 0 Å². The molecule has 0 aliphatic rings. The number of carboxylic acid groups (broad SMARTS) is 1. The number of nitrogens with two attached hydrogens (primary N) is 1. The van der Waals surface area contributed by atoms with Gasteiger partial charge in [-0.2, -0.15) is 0 Å². The van der Waals surface area contributed by atoms with E-state index >= 15 is 0 Å². The highest BCUT2D eigenvalue weighted by Gasteiger charge is 2.22. The van der Waals surface area contributed by atoms with Crippen molar-refractivity contribution < 1.29 is 24.2 Å². The second-order valence-electron chi connectivity index (χ2n) is 5.30. The molecule has 0 spiro atoms. The molecule has 7 heteroatoms. The molecular weight excluding hydrogens is 324 g/mol. The molecule has 0 heterocycles. The summed E-state index contributed by atoms with van der Waals surface area (Å²) >= 11 is 0. The van der Waals surface area contributed by atoms with Crippen molar-refractivity contribution in [2.45, 2.75) is 19.4 Å². The molecule has 7 nitrogen and oxygen atoms in total. The molecule has 25 heavy (non-hydrogen) atoms. The Hall–Kier alpha value is -3.35. The van der Waals surface area contributed by atoms with Crippen LogP contribution in [0.5, 0.6) is 0 Å². The number of rotatable bonds is 6. The second kappa shape index (κ2) is 7.96.